The van der Waals surface area contributed by atoms with E-state index in [1.165, 1.54) is 5.56 Å². The standard InChI is InChI=1S/C13H17NO/c1-4-10-14(3,15)12(2)11-13-8-6-5-7-9-13/h1,5-9,12H,10-11H2,2-3H3/t12-,14?/m0/s1. The van der Waals surface area contributed by atoms with Gasteiger partial charge in [-0.2, -0.15) is 0 Å². The molecule has 2 atom stereocenters. The first-order valence-electron chi connectivity index (χ1n) is 5.10. The lowest BCUT2D eigenvalue weighted by atomic mass is 10.1. The molecule has 80 valence electrons. The van der Waals surface area contributed by atoms with E-state index in [0.717, 1.165) is 6.42 Å². The molecule has 1 aromatic carbocycles. The summed E-state index contributed by atoms with van der Waals surface area (Å²) in [5, 5.41) is 12.0. The summed E-state index contributed by atoms with van der Waals surface area (Å²) in [6, 6.07) is 10.00. The average molecular weight is 203 g/mol. The molecule has 0 spiro atoms. The number of hydrogen-bond donors (Lipinski definition) is 0. The Kier molecular flexibility index (Phi) is 3.90. The van der Waals surface area contributed by atoms with Crippen molar-refractivity contribution in [3.8, 4) is 12.3 Å². The summed E-state index contributed by atoms with van der Waals surface area (Å²) in [6.45, 7) is 2.17. The molecule has 0 aliphatic heterocycles. The van der Waals surface area contributed by atoms with Gasteiger partial charge in [0.05, 0.1) is 13.1 Å². The molecule has 0 amide bonds. The van der Waals surface area contributed by atoms with E-state index in [1.807, 2.05) is 37.3 Å². The zero-order valence-electron chi connectivity index (χ0n) is 9.31. The van der Waals surface area contributed by atoms with E-state index in [2.05, 4.69) is 5.92 Å². The van der Waals surface area contributed by atoms with Crippen LogP contribution in [0.4, 0.5) is 0 Å². The number of rotatable bonds is 4. The van der Waals surface area contributed by atoms with Crippen LogP contribution in [-0.2, 0) is 6.42 Å². The van der Waals surface area contributed by atoms with E-state index in [1.54, 1.807) is 7.05 Å². The first-order chi connectivity index (χ1) is 7.06. The highest BCUT2D eigenvalue weighted by molar-refractivity contribution is 5.15. The van der Waals surface area contributed by atoms with Gasteiger partial charge in [-0.05, 0) is 18.4 Å². The van der Waals surface area contributed by atoms with Gasteiger partial charge in [0, 0.05) is 6.42 Å². The van der Waals surface area contributed by atoms with Crippen LogP contribution in [-0.4, -0.2) is 24.3 Å². The zero-order valence-corrected chi connectivity index (χ0v) is 9.31. The third-order valence-corrected chi connectivity index (χ3v) is 2.71. The third kappa shape index (κ3) is 3.39. The van der Waals surface area contributed by atoms with Crippen LogP contribution in [0, 0.1) is 17.6 Å². The fourth-order valence-corrected chi connectivity index (χ4v) is 1.49. The fraction of sp³-hybridized carbons (Fsp3) is 0.385. The first kappa shape index (κ1) is 11.8. The first-order valence-corrected chi connectivity index (χ1v) is 5.10. The van der Waals surface area contributed by atoms with Crippen molar-refractivity contribution in [1.29, 1.82) is 0 Å². The SMILES string of the molecule is C#CC[N+](C)([O-])[C@@H](C)Cc1ccccc1. The Labute approximate surface area is 91.7 Å². The van der Waals surface area contributed by atoms with Gasteiger partial charge in [-0.3, -0.25) is 0 Å². The minimum absolute atomic E-state index is 0.0107. The van der Waals surface area contributed by atoms with Gasteiger partial charge in [-0.15, -0.1) is 6.42 Å². The molecule has 1 unspecified atom stereocenters. The lowest BCUT2D eigenvalue weighted by molar-refractivity contribution is -0.877. The van der Waals surface area contributed by atoms with Crippen LogP contribution in [0.5, 0.6) is 0 Å². The second kappa shape index (κ2) is 4.97. The van der Waals surface area contributed by atoms with Crippen LogP contribution in [0.15, 0.2) is 30.3 Å². The van der Waals surface area contributed by atoms with Crippen LogP contribution in [0.3, 0.4) is 0 Å². The van der Waals surface area contributed by atoms with Gasteiger partial charge in [-0.25, -0.2) is 0 Å². The smallest absolute Gasteiger partial charge is 0.140 e. The van der Waals surface area contributed by atoms with Gasteiger partial charge in [0.15, 0.2) is 0 Å². The summed E-state index contributed by atoms with van der Waals surface area (Å²) in [5.74, 6) is 2.43. The molecule has 0 aliphatic rings. The summed E-state index contributed by atoms with van der Waals surface area (Å²) >= 11 is 0. The van der Waals surface area contributed by atoms with E-state index < -0.39 is 0 Å². The zero-order chi connectivity index (χ0) is 11.3. The summed E-state index contributed by atoms with van der Waals surface area (Å²) in [5.41, 5.74) is 1.18. The molecule has 0 saturated carbocycles. The molecule has 0 radical (unpaired) electrons. The van der Waals surface area contributed by atoms with E-state index in [9.17, 15) is 5.21 Å². The summed E-state index contributed by atoms with van der Waals surface area (Å²) < 4.78 is -0.370. The van der Waals surface area contributed by atoms with Crippen molar-refractivity contribution in [3.05, 3.63) is 41.1 Å². The Hall–Kier alpha value is -1.30. The molecule has 0 fully saturated rings. The normalized spacial score (nSPS) is 16.4. The van der Waals surface area contributed by atoms with E-state index in [0.29, 0.717) is 0 Å². The highest BCUT2D eigenvalue weighted by Gasteiger charge is 2.18. The molecular weight excluding hydrogens is 186 g/mol. The van der Waals surface area contributed by atoms with Crippen molar-refractivity contribution in [2.75, 3.05) is 13.6 Å². The van der Waals surface area contributed by atoms with Crippen LogP contribution in [0.1, 0.15) is 12.5 Å². The molecule has 0 bridgehead atoms. The Balaban J connectivity index is 2.64. The molecule has 0 aromatic heterocycles. The Morgan fingerprint density at radius 3 is 2.53 bits per heavy atom. The lowest BCUT2D eigenvalue weighted by Crippen LogP contribution is -2.46. The summed E-state index contributed by atoms with van der Waals surface area (Å²) in [7, 11) is 1.63. The average Bonchev–Trinajstić information content (AvgIpc) is 2.19. The predicted octanol–water partition coefficient (Wildman–Crippen LogP) is 2.20. The molecule has 1 rings (SSSR count). The molecule has 0 aliphatic carbocycles. The van der Waals surface area contributed by atoms with Crippen molar-refractivity contribution < 1.29 is 4.65 Å². The van der Waals surface area contributed by atoms with Gasteiger partial charge >= 0.3 is 0 Å². The molecule has 2 heteroatoms. The number of benzene rings is 1. The largest absolute Gasteiger partial charge is 0.632 e. The molecule has 15 heavy (non-hydrogen) atoms. The van der Waals surface area contributed by atoms with E-state index in [4.69, 9.17) is 6.42 Å². The Bertz CT molecular complexity index is 337. The molecular formula is C13H17NO. The monoisotopic (exact) mass is 203 g/mol. The highest BCUT2D eigenvalue weighted by Crippen LogP contribution is 2.13. The van der Waals surface area contributed by atoms with Gasteiger partial charge in [0.25, 0.3) is 0 Å². The van der Waals surface area contributed by atoms with Crippen LogP contribution >= 0.6 is 0 Å². The maximum Gasteiger partial charge on any atom is 0.140 e. The fourth-order valence-electron chi connectivity index (χ4n) is 1.49. The third-order valence-electron chi connectivity index (χ3n) is 2.71. The van der Waals surface area contributed by atoms with Crippen molar-refractivity contribution in [1.82, 2.24) is 0 Å². The number of quaternary nitrogens is 1. The van der Waals surface area contributed by atoms with Crippen molar-refractivity contribution in [3.63, 3.8) is 0 Å². The number of terminal acetylenes is 1. The molecule has 1 aromatic rings. The van der Waals surface area contributed by atoms with Gasteiger partial charge in [0.2, 0.25) is 0 Å². The molecule has 0 heterocycles. The van der Waals surface area contributed by atoms with Crippen molar-refractivity contribution >= 4 is 0 Å². The van der Waals surface area contributed by atoms with Gasteiger partial charge in [0.1, 0.15) is 6.54 Å². The molecule has 0 N–H and O–H groups in total. The number of hydrogen-bond acceptors (Lipinski definition) is 1. The highest BCUT2D eigenvalue weighted by atomic mass is 16.5. The summed E-state index contributed by atoms with van der Waals surface area (Å²) in [6.07, 6.45) is 5.95. The second-order valence-electron chi connectivity index (χ2n) is 4.08. The minimum atomic E-state index is -0.370. The predicted molar refractivity (Wildman–Crippen MR) is 62.9 cm³/mol. The maximum atomic E-state index is 12.0. The van der Waals surface area contributed by atoms with Crippen LogP contribution in [0.25, 0.3) is 0 Å². The minimum Gasteiger partial charge on any atom is -0.632 e. The Morgan fingerprint density at radius 2 is 2.00 bits per heavy atom. The lowest BCUT2D eigenvalue weighted by Gasteiger charge is -2.42. The van der Waals surface area contributed by atoms with Crippen LogP contribution < -0.4 is 0 Å². The topological polar surface area (TPSA) is 23.1 Å². The van der Waals surface area contributed by atoms with E-state index >= 15 is 0 Å². The second-order valence-corrected chi connectivity index (χ2v) is 4.08. The number of hydroxylamine groups is 3. The van der Waals surface area contributed by atoms with Gasteiger partial charge < -0.3 is 9.85 Å². The van der Waals surface area contributed by atoms with Crippen molar-refractivity contribution in [2.45, 2.75) is 19.4 Å². The quantitative estimate of drug-likeness (QED) is 0.418. The summed E-state index contributed by atoms with van der Waals surface area (Å²) in [4.78, 5) is 0. The molecule has 0 saturated heterocycles. The number of likely N-dealkylation sites (N-methyl/N-ethyl adjacent to an activating group) is 1. The maximum absolute atomic E-state index is 12.0. The number of nitrogens with zero attached hydrogens (tertiary/aromatic N) is 1. The van der Waals surface area contributed by atoms with Crippen LogP contribution in [0.2, 0.25) is 0 Å². The van der Waals surface area contributed by atoms with Crippen molar-refractivity contribution in [2.24, 2.45) is 0 Å². The van der Waals surface area contributed by atoms with E-state index in [-0.39, 0.29) is 17.2 Å². The molecule has 2 nitrogen and oxygen atoms in total. The van der Waals surface area contributed by atoms with Gasteiger partial charge in [-0.1, -0.05) is 30.3 Å². The Morgan fingerprint density at radius 1 is 1.40 bits per heavy atom.